The Labute approximate surface area is 321 Å². The first kappa shape index (κ1) is 32.7. The van der Waals surface area contributed by atoms with Crippen molar-refractivity contribution in [1.82, 2.24) is 15.0 Å². The Bertz CT molecular complexity index is 2790. The van der Waals surface area contributed by atoms with Gasteiger partial charge in [-0.05, 0) is 85.1 Å². The molecular weight excluding hydrogens is 667 g/mol. The van der Waals surface area contributed by atoms with Crippen LogP contribution < -0.4 is 0 Å². The van der Waals surface area contributed by atoms with Crippen molar-refractivity contribution in [3.8, 4) is 78.7 Å². The fourth-order valence-electron chi connectivity index (χ4n) is 8.32. The van der Waals surface area contributed by atoms with E-state index in [1.54, 1.807) is 0 Å². The van der Waals surface area contributed by atoms with Crippen LogP contribution in [0.5, 0.6) is 0 Å². The Morgan fingerprint density at radius 2 is 0.836 bits per heavy atom. The van der Waals surface area contributed by atoms with Crippen LogP contribution in [0.15, 0.2) is 188 Å². The first-order chi connectivity index (χ1) is 27.0. The molecule has 1 aliphatic carbocycles. The SMILES string of the molecule is CC1(C)c2ccccc2-c2ccc(-c3c(-c4nc(-c5cccc(-c6ccccc6)c5)nc(-c5cccc(-c6ccccc6)c5)n4)ccc4ccccc34)cc21. The van der Waals surface area contributed by atoms with Crippen molar-refractivity contribution < 1.29 is 0 Å². The first-order valence-electron chi connectivity index (χ1n) is 18.9. The molecule has 1 aromatic heterocycles. The molecule has 0 saturated heterocycles. The molecule has 55 heavy (non-hydrogen) atoms. The van der Waals surface area contributed by atoms with Crippen LogP contribution in [0.2, 0.25) is 0 Å². The van der Waals surface area contributed by atoms with E-state index in [1.807, 2.05) is 12.1 Å². The zero-order chi connectivity index (χ0) is 36.9. The average Bonchev–Trinajstić information content (AvgIpc) is 3.49. The predicted octanol–water partition coefficient (Wildman–Crippen LogP) is 13.3. The Balaban J connectivity index is 1.20. The molecular formula is C52H37N3. The molecule has 1 aliphatic rings. The molecule has 0 saturated carbocycles. The Kier molecular flexibility index (Phi) is 7.81. The second-order valence-electron chi connectivity index (χ2n) is 14.8. The molecule has 8 aromatic carbocycles. The highest BCUT2D eigenvalue weighted by molar-refractivity contribution is 6.04. The lowest BCUT2D eigenvalue weighted by Gasteiger charge is -2.22. The molecule has 1 heterocycles. The molecule has 3 heteroatoms. The fourth-order valence-corrected chi connectivity index (χ4v) is 8.32. The van der Waals surface area contributed by atoms with Gasteiger partial charge in [0.15, 0.2) is 17.5 Å². The van der Waals surface area contributed by atoms with Gasteiger partial charge in [0.25, 0.3) is 0 Å². The maximum absolute atomic E-state index is 5.32. The molecule has 9 aromatic rings. The van der Waals surface area contributed by atoms with Crippen molar-refractivity contribution in [2.24, 2.45) is 0 Å². The molecule has 0 fully saturated rings. The van der Waals surface area contributed by atoms with Gasteiger partial charge in [0.1, 0.15) is 0 Å². The standard InChI is InChI=1S/C52H37N3/c1-52(2)46-26-12-11-25-43(46)44-29-28-39(33-47(44)52)48-42-24-10-9-19-36(42)27-30-45(48)51-54-49(40-22-13-20-37(31-40)34-15-5-3-6-16-34)53-50(55-51)41-23-14-21-38(32-41)35-17-7-4-8-18-35/h3-33H,1-2H3. The minimum Gasteiger partial charge on any atom is -0.208 e. The highest BCUT2D eigenvalue weighted by atomic mass is 15.0. The van der Waals surface area contributed by atoms with Gasteiger partial charge in [0.2, 0.25) is 0 Å². The largest absolute Gasteiger partial charge is 0.208 e. The predicted molar refractivity (Wildman–Crippen MR) is 228 cm³/mol. The van der Waals surface area contributed by atoms with E-state index in [2.05, 4.69) is 190 Å². The maximum atomic E-state index is 5.32. The van der Waals surface area contributed by atoms with Crippen molar-refractivity contribution in [3.05, 3.63) is 199 Å². The third-order valence-electron chi connectivity index (χ3n) is 11.1. The summed E-state index contributed by atoms with van der Waals surface area (Å²) in [6, 6.07) is 66.7. The molecule has 0 N–H and O–H groups in total. The van der Waals surface area contributed by atoms with E-state index < -0.39 is 0 Å². The van der Waals surface area contributed by atoms with E-state index in [0.29, 0.717) is 17.5 Å². The van der Waals surface area contributed by atoms with Gasteiger partial charge in [-0.3, -0.25) is 0 Å². The van der Waals surface area contributed by atoms with Crippen LogP contribution in [0.25, 0.3) is 89.4 Å². The topological polar surface area (TPSA) is 38.7 Å². The average molecular weight is 704 g/mol. The molecule has 0 spiro atoms. The summed E-state index contributed by atoms with van der Waals surface area (Å²) in [4.78, 5) is 15.8. The Morgan fingerprint density at radius 1 is 0.327 bits per heavy atom. The summed E-state index contributed by atoms with van der Waals surface area (Å²) in [6.07, 6.45) is 0. The van der Waals surface area contributed by atoms with Gasteiger partial charge in [-0.15, -0.1) is 0 Å². The second-order valence-corrected chi connectivity index (χ2v) is 14.8. The molecule has 260 valence electrons. The minimum absolute atomic E-state index is 0.131. The normalized spacial score (nSPS) is 12.7. The summed E-state index contributed by atoms with van der Waals surface area (Å²) in [7, 11) is 0. The first-order valence-corrected chi connectivity index (χ1v) is 18.9. The lowest BCUT2D eigenvalue weighted by atomic mass is 9.81. The van der Waals surface area contributed by atoms with Crippen LogP contribution in [0, 0.1) is 0 Å². The van der Waals surface area contributed by atoms with Gasteiger partial charge in [0, 0.05) is 27.7 Å². The van der Waals surface area contributed by atoms with E-state index in [9.17, 15) is 0 Å². The molecule has 0 amide bonds. The number of aromatic nitrogens is 3. The van der Waals surface area contributed by atoms with E-state index >= 15 is 0 Å². The Morgan fingerprint density at radius 3 is 1.51 bits per heavy atom. The summed E-state index contributed by atoms with van der Waals surface area (Å²) in [6.45, 7) is 4.67. The molecule has 3 nitrogen and oxygen atoms in total. The van der Waals surface area contributed by atoms with Crippen molar-refractivity contribution in [1.29, 1.82) is 0 Å². The lowest BCUT2D eigenvalue weighted by molar-refractivity contribution is 0.660. The lowest BCUT2D eigenvalue weighted by Crippen LogP contribution is -2.14. The third-order valence-corrected chi connectivity index (χ3v) is 11.1. The van der Waals surface area contributed by atoms with Crippen LogP contribution in [0.4, 0.5) is 0 Å². The monoisotopic (exact) mass is 703 g/mol. The van der Waals surface area contributed by atoms with Crippen LogP contribution in [0.3, 0.4) is 0 Å². The van der Waals surface area contributed by atoms with Crippen molar-refractivity contribution in [2.45, 2.75) is 19.3 Å². The van der Waals surface area contributed by atoms with Crippen LogP contribution in [0.1, 0.15) is 25.0 Å². The zero-order valence-electron chi connectivity index (χ0n) is 30.7. The second kappa shape index (κ2) is 13.2. The quantitative estimate of drug-likeness (QED) is 0.173. The highest BCUT2D eigenvalue weighted by Gasteiger charge is 2.35. The maximum Gasteiger partial charge on any atom is 0.164 e. The number of rotatable bonds is 6. The van der Waals surface area contributed by atoms with Crippen molar-refractivity contribution in [3.63, 3.8) is 0 Å². The van der Waals surface area contributed by atoms with Crippen LogP contribution >= 0.6 is 0 Å². The van der Waals surface area contributed by atoms with Gasteiger partial charge < -0.3 is 0 Å². The fraction of sp³-hybridized carbons (Fsp3) is 0.0577. The third kappa shape index (κ3) is 5.73. The molecule has 0 atom stereocenters. The van der Waals surface area contributed by atoms with Crippen LogP contribution in [-0.4, -0.2) is 15.0 Å². The summed E-state index contributed by atoms with van der Waals surface area (Å²) < 4.78 is 0. The molecule has 0 aliphatic heterocycles. The number of benzene rings is 8. The van der Waals surface area contributed by atoms with Crippen molar-refractivity contribution >= 4 is 10.8 Å². The van der Waals surface area contributed by atoms with Gasteiger partial charge in [0.05, 0.1) is 0 Å². The van der Waals surface area contributed by atoms with Crippen LogP contribution in [-0.2, 0) is 5.41 Å². The smallest absolute Gasteiger partial charge is 0.164 e. The number of hydrogen-bond acceptors (Lipinski definition) is 3. The summed E-state index contributed by atoms with van der Waals surface area (Å²) in [5, 5.41) is 2.33. The molecule has 0 bridgehead atoms. The Hall–Kier alpha value is -6.97. The molecule has 0 radical (unpaired) electrons. The number of nitrogens with zero attached hydrogens (tertiary/aromatic N) is 3. The number of fused-ring (bicyclic) bond motifs is 4. The molecule has 0 unspecified atom stereocenters. The van der Waals surface area contributed by atoms with E-state index in [4.69, 9.17) is 15.0 Å². The van der Waals surface area contributed by atoms with E-state index in [-0.39, 0.29) is 5.41 Å². The summed E-state index contributed by atoms with van der Waals surface area (Å²) >= 11 is 0. The highest BCUT2D eigenvalue weighted by Crippen LogP contribution is 2.50. The van der Waals surface area contributed by atoms with E-state index in [0.717, 1.165) is 55.5 Å². The van der Waals surface area contributed by atoms with Crippen molar-refractivity contribution in [2.75, 3.05) is 0 Å². The van der Waals surface area contributed by atoms with E-state index in [1.165, 1.54) is 27.6 Å². The van der Waals surface area contributed by atoms with Gasteiger partial charge in [-0.2, -0.15) is 0 Å². The van der Waals surface area contributed by atoms with Gasteiger partial charge >= 0.3 is 0 Å². The summed E-state index contributed by atoms with van der Waals surface area (Å²) in [5.74, 6) is 1.90. The molecule has 10 rings (SSSR count). The van der Waals surface area contributed by atoms with Gasteiger partial charge in [-0.25, -0.2) is 15.0 Å². The zero-order valence-corrected chi connectivity index (χ0v) is 30.7. The minimum atomic E-state index is -0.131. The van der Waals surface area contributed by atoms with Gasteiger partial charge in [-0.1, -0.05) is 178 Å². The summed E-state index contributed by atoms with van der Waals surface area (Å²) in [5.41, 5.74) is 14.8. The number of hydrogen-bond donors (Lipinski definition) is 0.